The van der Waals surface area contributed by atoms with E-state index in [0.29, 0.717) is 0 Å². The average molecular weight is 131 g/mol. The maximum atomic E-state index is 10.6. The van der Waals surface area contributed by atoms with Gasteiger partial charge in [-0.2, -0.15) is 0 Å². The molecule has 0 fully saturated rings. The number of nitrogens with zero attached hydrogens (tertiary/aromatic N) is 1. The van der Waals surface area contributed by atoms with Gasteiger partial charge in [-0.25, -0.2) is 0 Å². The predicted octanol–water partition coefficient (Wildman–Crippen LogP) is -0.502. The van der Waals surface area contributed by atoms with Crippen molar-refractivity contribution in [1.29, 1.82) is 0 Å². The van der Waals surface area contributed by atoms with Crippen LogP contribution >= 0.6 is 0 Å². The molecule has 3 heteroatoms. The summed E-state index contributed by atoms with van der Waals surface area (Å²) in [6.07, 6.45) is 0. The molecule has 0 amide bonds. The molecular formula is C6H13NO2. The fourth-order valence-electron chi connectivity index (χ4n) is 0.655. The Hall–Kier alpha value is -0.410. The van der Waals surface area contributed by atoms with E-state index < -0.39 is 0 Å². The number of likely N-dealkylation sites (N-methyl/N-ethyl adjacent to an activating group) is 1. The average Bonchev–Trinajstić information content (AvgIpc) is 1.64. The van der Waals surface area contributed by atoms with Gasteiger partial charge >= 0.3 is 0 Å². The molecule has 0 aliphatic carbocycles. The minimum Gasteiger partial charge on any atom is -0.394 e. The first-order valence-corrected chi connectivity index (χ1v) is 2.87. The normalized spacial score (nSPS) is 13.9. The molecule has 0 unspecified atom stereocenters. The second-order valence-corrected chi connectivity index (χ2v) is 2.27. The summed E-state index contributed by atoms with van der Waals surface area (Å²) < 4.78 is 0. The molecule has 0 spiro atoms. The van der Waals surface area contributed by atoms with Crippen LogP contribution in [0.2, 0.25) is 0 Å². The number of ketones is 1. The second kappa shape index (κ2) is 3.58. The van der Waals surface area contributed by atoms with Crippen molar-refractivity contribution >= 4 is 5.78 Å². The van der Waals surface area contributed by atoms with Gasteiger partial charge < -0.3 is 5.11 Å². The number of aliphatic hydroxyl groups is 1. The molecular weight excluding hydrogens is 118 g/mol. The van der Waals surface area contributed by atoms with Crippen LogP contribution in [0, 0.1) is 0 Å². The quantitative estimate of drug-likeness (QED) is 0.561. The van der Waals surface area contributed by atoms with E-state index in [4.69, 9.17) is 5.11 Å². The van der Waals surface area contributed by atoms with E-state index in [1.807, 2.05) is 0 Å². The molecule has 0 aromatic carbocycles. The van der Waals surface area contributed by atoms with Gasteiger partial charge in [-0.3, -0.25) is 9.69 Å². The zero-order valence-electron chi connectivity index (χ0n) is 6.09. The van der Waals surface area contributed by atoms with Gasteiger partial charge in [-0.1, -0.05) is 0 Å². The summed E-state index contributed by atoms with van der Waals surface area (Å²) in [5.74, 6) is 0.00231. The highest BCUT2D eigenvalue weighted by Gasteiger charge is 2.13. The SMILES string of the molecule is CC(=O)[C@H](CO)N(C)C. The van der Waals surface area contributed by atoms with Crippen LogP contribution in [-0.4, -0.2) is 42.5 Å². The molecule has 0 saturated carbocycles. The number of Topliss-reactive ketones (excluding diaryl/α,β-unsaturated/α-hetero) is 1. The molecule has 0 bridgehead atoms. The lowest BCUT2D eigenvalue weighted by atomic mass is 10.2. The van der Waals surface area contributed by atoms with Crippen LogP contribution in [0.25, 0.3) is 0 Å². The monoisotopic (exact) mass is 131 g/mol. The Morgan fingerprint density at radius 3 is 2.11 bits per heavy atom. The van der Waals surface area contributed by atoms with Gasteiger partial charge in [0.05, 0.1) is 12.6 Å². The van der Waals surface area contributed by atoms with Gasteiger partial charge in [0.2, 0.25) is 0 Å². The third-order valence-electron chi connectivity index (χ3n) is 1.27. The minimum absolute atomic E-state index is 0.00231. The van der Waals surface area contributed by atoms with Crippen LogP contribution in [0.5, 0.6) is 0 Å². The second-order valence-electron chi connectivity index (χ2n) is 2.27. The van der Waals surface area contributed by atoms with Crippen molar-refractivity contribution in [3.05, 3.63) is 0 Å². The van der Waals surface area contributed by atoms with E-state index in [1.54, 1.807) is 19.0 Å². The molecule has 0 aromatic rings. The summed E-state index contributed by atoms with van der Waals surface area (Å²) in [4.78, 5) is 12.3. The zero-order valence-corrected chi connectivity index (χ0v) is 6.09. The third kappa shape index (κ3) is 2.58. The van der Waals surface area contributed by atoms with Gasteiger partial charge in [0.1, 0.15) is 5.78 Å². The van der Waals surface area contributed by atoms with E-state index in [0.717, 1.165) is 0 Å². The molecule has 0 aliphatic rings. The van der Waals surface area contributed by atoms with Crippen molar-refractivity contribution in [1.82, 2.24) is 4.90 Å². The third-order valence-corrected chi connectivity index (χ3v) is 1.27. The molecule has 0 radical (unpaired) electrons. The lowest BCUT2D eigenvalue weighted by molar-refractivity contribution is -0.122. The van der Waals surface area contributed by atoms with E-state index in [2.05, 4.69) is 0 Å². The van der Waals surface area contributed by atoms with Gasteiger partial charge in [-0.15, -0.1) is 0 Å². The summed E-state index contributed by atoms with van der Waals surface area (Å²) in [5, 5.41) is 8.60. The maximum Gasteiger partial charge on any atom is 0.149 e. The van der Waals surface area contributed by atoms with Crippen molar-refractivity contribution < 1.29 is 9.90 Å². The fourth-order valence-corrected chi connectivity index (χ4v) is 0.655. The molecule has 3 nitrogen and oxygen atoms in total. The van der Waals surface area contributed by atoms with Crippen LogP contribution in [0.1, 0.15) is 6.92 Å². The van der Waals surface area contributed by atoms with Crippen LogP contribution < -0.4 is 0 Å². The highest BCUT2D eigenvalue weighted by atomic mass is 16.3. The van der Waals surface area contributed by atoms with E-state index in [-0.39, 0.29) is 18.4 Å². The van der Waals surface area contributed by atoms with Crippen molar-refractivity contribution in [2.75, 3.05) is 20.7 Å². The maximum absolute atomic E-state index is 10.6. The summed E-state index contributed by atoms with van der Waals surface area (Å²) in [6, 6.07) is -0.329. The Morgan fingerprint density at radius 2 is 2.11 bits per heavy atom. The summed E-state index contributed by atoms with van der Waals surface area (Å²) in [6.45, 7) is 1.38. The van der Waals surface area contributed by atoms with Gasteiger partial charge in [0.25, 0.3) is 0 Å². The fraction of sp³-hybridized carbons (Fsp3) is 0.833. The summed E-state index contributed by atoms with van der Waals surface area (Å²) in [5.41, 5.74) is 0. The first-order valence-electron chi connectivity index (χ1n) is 2.87. The van der Waals surface area contributed by atoms with Crippen molar-refractivity contribution in [2.24, 2.45) is 0 Å². The molecule has 0 rings (SSSR count). The number of hydrogen-bond acceptors (Lipinski definition) is 3. The lowest BCUT2D eigenvalue weighted by Gasteiger charge is -2.18. The standard InChI is InChI=1S/C6H13NO2/c1-5(9)6(4-8)7(2)3/h6,8H,4H2,1-3H3/t6-/m0/s1. The van der Waals surface area contributed by atoms with Crippen LogP contribution in [0.15, 0.2) is 0 Å². The van der Waals surface area contributed by atoms with E-state index in [1.165, 1.54) is 6.92 Å². The predicted molar refractivity (Wildman–Crippen MR) is 35.2 cm³/mol. The van der Waals surface area contributed by atoms with E-state index >= 15 is 0 Å². The number of hydrogen-bond donors (Lipinski definition) is 1. The van der Waals surface area contributed by atoms with E-state index in [9.17, 15) is 4.79 Å². The molecule has 0 heterocycles. The Labute approximate surface area is 55.3 Å². The molecule has 1 N–H and O–H groups in total. The number of carbonyl (C=O) groups is 1. The van der Waals surface area contributed by atoms with Crippen molar-refractivity contribution in [3.8, 4) is 0 Å². The first kappa shape index (κ1) is 8.59. The molecule has 9 heavy (non-hydrogen) atoms. The lowest BCUT2D eigenvalue weighted by Crippen LogP contribution is -2.37. The molecule has 0 aliphatic heterocycles. The smallest absolute Gasteiger partial charge is 0.149 e. The highest BCUT2D eigenvalue weighted by molar-refractivity contribution is 5.81. The van der Waals surface area contributed by atoms with Crippen molar-refractivity contribution in [3.63, 3.8) is 0 Å². The summed E-state index contributed by atoms with van der Waals surface area (Å²) in [7, 11) is 3.53. The minimum atomic E-state index is -0.329. The number of aliphatic hydroxyl groups excluding tert-OH is 1. The Bertz CT molecular complexity index is 101. The highest BCUT2D eigenvalue weighted by Crippen LogP contribution is 1.91. The molecule has 0 saturated heterocycles. The molecule has 1 atom stereocenters. The molecule has 0 aromatic heterocycles. The van der Waals surface area contributed by atoms with Gasteiger partial charge in [-0.05, 0) is 21.0 Å². The van der Waals surface area contributed by atoms with Gasteiger partial charge in [0, 0.05) is 0 Å². The Balaban J connectivity index is 3.83. The first-order chi connectivity index (χ1) is 4.09. The topological polar surface area (TPSA) is 40.5 Å². The Morgan fingerprint density at radius 1 is 1.67 bits per heavy atom. The number of rotatable bonds is 3. The molecule has 54 valence electrons. The van der Waals surface area contributed by atoms with Crippen molar-refractivity contribution in [2.45, 2.75) is 13.0 Å². The van der Waals surface area contributed by atoms with Crippen LogP contribution in [0.4, 0.5) is 0 Å². The zero-order chi connectivity index (χ0) is 7.44. The largest absolute Gasteiger partial charge is 0.394 e. The Kier molecular flexibility index (Phi) is 3.42. The van der Waals surface area contributed by atoms with Crippen LogP contribution in [-0.2, 0) is 4.79 Å². The number of carbonyl (C=O) groups excluding carboxylic acids is 1. The summed E-state index contributed by atoms with van der Waals surface area (Å²) >= 11 is 0. The van der Waals surface area contributed by atoms with Gasteiger partial charge in [0.15, 0.2) is 0 Å². The van der Waals surface area contributed by atoms with Crippen LogP contribution in [0.3, 0.4) is 0 Å².